The molecule has 0 unspecified atom stereocenters. The molecule has 0 aliphatic carbocycles. The summed E-state index contributed by atoms with van der Waals surface area (Å²) in [5.74, 6) is 0.113. The minimum Gasteiger partial charge on any atom is -0.489 e. The van der Waals surface area contributed by atoms with Crippen molar-refractivity contribution in [1.29, 1.82) is 0 Å². The van der Waals surface area contributed by atoms with E-state index in [0.717, 1.165) is 13.1 Å². The van der Waals surface area contributed by atoms with E-state index < -0.39 is 5.82 Å². The molecule has 0 aromatic heterocycles. The number of ether oxygens (including phenoxy) is 1. The van der Waals surface area contributed by atoms with Crippen LogP contribution < -0.4 is 4.74 Å². The molecule has 0 N–H and O–H groups in total. The summed E-state index contributed by atoms with van der Waals surface area (Å²) in [7, 11) is 2.01. The SMILES string of the molecule is C=CCN(C)CC=CCOc1cc[c]c(F)c1. The monoisotopic (exact) mass is 234 g/mol. The van der Waals surface area contributed by atoms with Gasteiger partial charge in [0.05, 0.1) is 0 Å². The van der Waals surface area contributed by atoms with E-state index in [1.54, 1.807) is 6.07 Å². The lowest BCUT2D eigenvalue weighted by Gasteiger charge is -2.10. The van der Waals surface area contributed by atoms with Crippen LogP contribution in [0.3, 0.4) is 0 Å². The van der Waals surface area contributed by atoms with Crippen LogP contribution in [-0.2, 0) is 0 Å². The van der Waals surface area contributed by atoms with Crippen molar-refractivity contribution in [3.05, 3.63) is 54.9 Å². The van der Waals surface area contributed by atoms with Crippen molar-refractivity contribution < 1.29 is 9.13 Å². The normalized spacial score (nSPS) is 11.0. The highest BCUT2D eigenvalue weighted by Crippen LogP contribution is 2.11. The molecular weight excluding hydrogens is 217 g/mol. The lowest BCUT2D eigenvalue weighted by molar-refractivity contribution is 0.358. The third kappa shape index (κ3) is 5.88. The largest absolute Gasteiger partial charge is 0.489 e. The molecule has 0 heterocycles. The number of halogens is 1. The van der Waals surface area contributed by atoms with Crippen LogP contribution in [0, 0.1) is 11.9 Å². The van der Waals surface area contributed by atoms with E-state index in [0.29, 0.717) is 12.4 Å². The maximum Gasteiger partial charge on any atom is 0.134 e. The molecule has 1 radical (unpaired) electrons. The van der Waals surface area contributed by atoms with E-state index >= 15 is 0 Å². The van der Waals surface area contributed by atoms with Crippen LogP contribution in [0.4, 0.5) is 4.39 Å². The fourth-order valence-electron chi connectivity index (χ4n) is 1.27. The highest BCUT2D eigenvalue weighted by atomic mass is 19.1. The summed E-state index contributed by atoms with van der Waals surface area (Å²) in [5.41, 5.74) is 0. The Morgan fingerprint density at radius 1 is 1.47 bits per heavy atom. The van der Waals surface area contributed by atoms with Crippen molar-refractivity contribution in [3.8, 4) is 5.75 Å². The Hall–Kier alpha value is -1.61. The number of rotatable bonds is 7. The van der Waals surface area contributed by atoms with Crippen LogP contribution in [0.15, 0.2) is 43.0 Å². The van der Waals surface area contributed by atoms with Crippen molar-refractivity contribution in [1.82, 2.24) is 4.90 Å². The second kappa shape index (κ2) is 7.63. The maximum absolute atomic E-state index is 12.8. The van der Waals surface area contributed by atoms with Crippen molar-refractivity contribution in [2.75, 3.05) is 26.7 Å². The molecule has 1 aromatic carbocycles. The zero-order valence-corrected chi connectivity index (χ0v) is 10.0. The first-order valence-corrected chi connectivity index (χ1v) is 5.47. The molecule has 0 fully saturated rings. The van der Waals surface area contributed by atoms with Gasteiger partial charge in [0.25, 0.3) is 0 Å². The molecule has 91 valence electrons. The van der Waals surface area contributed by atoms with Crippen LogP contribution in [-0.4, -0.2) is 31.6 Å². The highest BCUT2D eigenvalue weighted by Gasteiger charge is 1.94. The Kier molecular flexibility index (Phi) is 6.04. The van der Waals surface area contributed by atoms with Crippen LogP contribution in [0.5, 0.6) is 5.75 Å². The molecule has 0 aliphatic rings. The summed E-state index contributed by atoms with van der Waals surface area (Å²) < 4.78 is 18.1. The van der Waals surface area contributed by atoms with Gasteiger partial charge in [-0.15, -0.1) is 6.58 Å². The first-order chi connectivity index (χ1) is 8.22. The minimum absolute atomic E-state index is 0.405. The van der Waals surface area contributed by atoms with Gasteiger partial charge >= 0.3 is 0 Å². The zero-order chi connectivity index (χ0) is 12.5. The molecule has 0 atom stereocenters. The van der Waals surface area contributed by atoms with Gasteiger partial charge in [0.2, 0.25) is 0 Å². The second-order valence-electron chi connectivity index (χ2n) is 3.66. The van der Waals surface area contributed by atoms with Gasteiger partial charge in [0.15, 0.2) is 0 Å². The fourth-order valence-corrected chi connectivity index (χ4v) is 1.27. The van der Waals surface area contributed by atoms with E-state index in [4.69, 9.17) is 4.74 Å². The van der Waals surface area contributed by atoms with Crippen molar-refractivity contribution in [2.24, 2.45) is 0 Å². The minimum atomic E-state index is -0.405. The number of hydrogen-bond acceptors (Lipinski definition) is 2. The summed E-state index contributed by atoms with van der Waals surface area (Å²) in [6.07, 6.45) is 5.77. The predicted molar refractivity (Wildman–Crippen MR) is 67.6 cm³/mol. The first-order valence-electron chi connectivity index (χ1n) is 5.47. The fraction of sp³-hybridized carbons (Fsp3) is 0.286. The molecule has 3 heteroatoms. The molecular formula is C14H17FNO. The van der Waals surface area contributed by atoms with E-state index in [9.17, 15) is 4.39 Å². The summed E-state index contributed by atoms with van der Waals surface area (Å²) in [6.45, 7) is 5.79. The average molecular weight is 234 g/mol. The smallest absolute Gasteiger partial charge is 0.134 e. The predicted octanol–water partition coefficient (Wildman–Crippen LogP) is 2.68. The van der Waals surface area contributed by atoms with Gasteiger partial charge in [-0.25, -0.2) is 4.39 Å². The molecule has 0 bridgehead atoms. The Bertz CT molecular complexity index is 376. The van der Waals surface area contributed by atoms with Crippen molar-refractivity contribution in [3.63, 3.8) is 0 Å². The van der Waals surface area contributed by atoms with Gasteiger partial charge in [-0.3, -0.25) is 4.90 Å². The third-order valence-electron chi connectivity index (χ3n) is 2.11. The van der Waals surface area contributed by atoms with Crippen LogP contribution in [0.25, 0.3) is 0 Å². The Labute approximate surface area is 102 Å². The highest BCUT2D eigenvalue weighted by molar-refractivity contribution is 5.21. The Morgan fingerprint density at radius 2 is 2.29 bits per heavy atom. The van der Waals surface area contributed by atoms with Crippen LogP contribution in [0.1, 0.15) is 0 Å². The van der Waals surface area contributed by atoms with Gasteiger partial charge in [-0.1, -0.05) is 18.2 Å². The van der Waals surface area contributed by atoms with Gasteiger partial charge in [0, 0.05) is 25.2 Å². The van der Waals surface area contributed by atoms with Gasteiger partial charge in [-0.05, 0) is 19.2 Å². The van der Waals surface area contributed by atoms with Gasteiger partial charge < -0.3 is 4.74 Å². The van der Waals surface area contributed by atoms with E-state index in [1.165, 1.54) is 12.1 Å². The standard InChI is InChI=1S/C14H17FNO/c1-3-9-16(2)10-4-5-11-17-14-8-6-7-13(15)12-14/h3-6,8,12H,1,9-11H2,2H3. The zero-order valence-electron chi connectivity index (χ0n) is 10.0. The summed E-state index contributed by atoms with van der Waals surface area (Å²) >= 11 is 0. The maximum atomic E-state index is 12.8. The molecule has 0 saturated heterocycles. The van der Waals surface area contributed by atoms with E-state index in [1.807, 2.05) is 25.3 Å². The van der Waals surface area contributed by atoms with E-state index in [2.05, 4.69) is 17.5 Å². The lowest BCUT2D eigenvalue weighted by Crippen LogP contribution is -2.17. The molecule has 0 spiro atoms. The second-order valence-corrected chi connectivity index (χ2v) is 3.66. The molecule has 1 rings (SSSR count). The quantitative estimate of drug-likeness (QED) is 0.672. The van der Waals surface area contributed by atoms with Crippen molar-refractivity contribution >= 4 is 0 Å². The molecule has 2 nitrogen and oxygen atoms in total. The number of likely N-dealkylation sites (N-methyl/N-ethyl adjacent to an activating group) is 1. The summed E-state index contributed by atoms with van der Waals surface area (Å²) in [4.78, 5) is 2.11. The number of benzene rings is 1. The van der Waals surface area contributed by atoms with E-state index in [-0.39, 0.29) is 0 Å². The summed E-state index contributed by atoms with van der Waals surface area (Å²) in [5, 5.41) is 0. The van der Waals surface area contributed by atoms with Gasteiger partial charge in [-0.2, -0.15) is 0 Å². The van der Waals surface area contributed by atoms with Crippen LogP contribution >= 0.6 is 0 Å². The topological polar surface area (TPSA) is 12.5 Å². The molecule has 0 aliphatic heterocycles. The molecule has 0 saturated carbocycles. The molecule has 17 heavy (non-hydrogen) atoms. The summed E-state index contributed by atoms with van der Waals surface area (Å²) in [6, 6.07) is 6.93. The third-order valence-corrected chi connectivity index (χ3v) is 2.11. The van der Waals surface area contributed by atoms with Crippen LogP contribution in [0.2, 0.25) is 0 Å². The first kappa shape index (κ1) is 13.5. The molecule has 1 aromatic rings. The Balaban J connectivity index is 2.23. The van der Waals surface area contributed by atoms with Gasteiger partial charge in [0.1, 0.15) is 18.2 Å². The number of nitrogens with zero attached hydrogens (tertiary/aromatic N) is 1. The molecule has 0 amide bonds. The number of hydrogen-bond donors (Lipinski definition) is 0. The Morgan fingerprint density at radius 3 is 3.00 bits per heavy atom. The lowest BCUT2D eigenvalue weighted by atomic mass is 10.3. The average Bonchev–Trinajstić information content (AvgIpc) is 2.29. The van der Waals surface area contributed by atoms with Crippen molar-refractivity contribution in [2.45, 2.75) is 0 Å².